The van der Waals surface area contributed by atoms with Crippen LogP contribution in [0.25, 0.3) is 11.1 Å². The number of nitrogens with zero attached hydrogens (tertiary/aromatic N) is 2. The van der Waals surface area contributed by atoms with E-state index in [1.165, 1.54) is 28.7 Å². The van der Waals surface area contributed by atoms with Gasteiger partial charge in [0.25, 0.3) is 0 Å². The van der Waals surface area contributed by atoms with Crippen molar-refractivity contribution in [3.05, 3.63) is 69.0 Å². The minimum Gasteiger partial charge on any atom is -0.454 e. The van der Waals surface area contributed by atoms with Gasteiger partial charge in [0.15, 0.2) is 18.3 Å². The van der Waals surface area contributed by atoms with Crippen LogP contribution in [-0.2, 0) is 14.3 Å². The van der Waals surface area contributed by atoms with Crippen LogP contribution in [-0.4, -0.2) is 29.3 Å². The number of esters is 1. The molecule has 1 atom stereocenters. The first-order chi connectivity index (χ1) is 15.8. The van der Waals surface area contributed by atoms with Gasteiger partial charge < -0.3 is 10.1 Å². The van der Waals surface area contributed by atoms with Gasteiger partial charge in [0.1, 0.15) is 15.6 Å². The average Bonchev–Trinajstić information content (AvgIpc) is 3.39. The van der Waals surface area contributed by atoms with Gasteiger partial charge in [-0.1, -0.05) is 35.9 Å². The molecule has 3 rings (SSSR count). The minimum absolute atomic E-state index is 0.160. The normalized spacial score (nSPS) is 11.2. The van der Waals surface area contributed by atoms with Crippen molar-refractivity contribution in [1.29, 1.82) is 5.26 Å². The van der Waals surface area contributed by atoms with E-state index in [2.05, 4.69) is 10.3 Å². The highest BCUT2D eigenvalue weighted by atomic mass is 32.1. The molecule has 0 saturated heterocycles. The summed E-state index contributed by atoms with van der Waals surface area (Å²) in [6.45, 7) is 4.77. The molecule has 1 unspecified atom stereocenters. The molecular weight excluding hydrogens is 458 g/mol. The molecule has 9 heteroatoms. The monoisotopic (exact) mass is 479 g/mol. The van der Waals surface area contributed by atoms with E-state index in [-0.39, 0.29) is 11.5 Å². The molecule has 0 bridgehead atoms. The van der Waals surface area contributed by atoms with Crippen LogP contribution in [0.4, 0.5) is 5.00 Å². The number of aromatic nitrogens is 1. The van der Waals surface area contributed by atoms with Crippen molar-refractivity contribution in [3.8, 4) is 17.2 Å². The van der Waals surface area contributed by atoms with Crippen LogP contribution in [0.5, 0.6) is 0 Å². The number of hydrogen-bond acceptors (Lipinski definition) is 8. The van der Waals surface area contributed by atoms with Crippen LogP contribution in [0.3, 0.4) is 0 Å². The van der Waals surface area contributed by atoms with Gasteiger partial charge in [0.05, 0.1) is 6.07 Å². The van der Waals surface area contributed by atoms with Crippen LogP contribution in [0.2, 0.25) is 0 Å². The van der Waals surface area contributed by atoms with Crippen molar-refractivity contribution in [2.45, 2.75) is 26.7 Å². The molecule has 168 valence electrons. The molecule has 0 aliphatic carbocycles. The molecular formula is C24H21N3O4S2. The summed E-state index contributed by atoms with van der Waals surface area (Å²) in [4.78, 5) is 42.1. The number of aryl methyl sites for hydroxylation is 1. The molecule has 1 N–H and O–H groups in total. The Morgan fingerprint density at radius 1 is 1.18 bits per heavy atom. The molecule has 33 heavy (non-hydrogen) atoms. The first-order valence-corrected chi connectivity index (χ1v) is 11.7. The zero-order valence-electron chi connectivity index (χ0n) is 18.2. The third-order valence-electron chi connectivity index (χ3n) is 4.42. The number of thiazole rings is 1. The standard InChI is InChI=1S/C24H21N3O4S2/c1-14(2)9-20(29)27-23-21(18(13-33-23)16-7-5-4-6-8-16)24(30)31-11-19(28)17(10-25)22-26-15(3)12-32-22/h4-9,12-13,17H,11H2,1-3H3,(H,27,29). The lowest BCUT2D eigenvalue weighted by Gasteiger charge is -2.10. The lowest BCUT2D eigenvalue weighted by Crippen LogP contribution is -2.21. The van der Waals surface area contributed by atoms with Gasteiger partial charge in [-0.15, -0.1) is 22.7 Å². The number of nitriles is 1. The van der Waals surface area contributed by atoms with Crippen molar-refractivity contribution in [2.24, 2.45) is 0 Å². The van der Waals surface area contributed by atoms with E-state index in [9.17, 15) is 19.6 Å². The number of Topliss-reactive ketones (excluding diaryl/α,β-unsaturated/α-hetero) is 1. The van der Waals surface area contributed by atoms with Gasteiger partial charge in [-0.2, -0.15) is 5.26 Å². The molecule has 0 radical (unpaired) electrons. The quantitative estimate of drug-likeness (QED) is 0.355. The number of thiophene rings is 1. The van der Waals surface area contributed by atoms with Crippen molar-refractivity contribution in [2.75, 3.05) is 11.9 Å². The van der Waals surface area contributed by atoms with Crippen molar-refractivity contribution < 1.29 is 19.1 Å². The maximum atomic E-state index is 13.1. The zero-order valence-corrected chi connectivity index (χ0v) is 19.9. The van der Waals surface area contributed by atoms with Gasteiger partial charge >= 0.3 is 5.97 Å². The molecule has 0 fully saturated rings. The van der Waals surface area contributed by atoms with Crippen LogP contribution >= 0.6 is 22.7 Å². The van der Waals surface area contributed by atoms with E-state index in [0.29, 0.717) is 21.3 Å². The van der Waals surface area contributed by atoms with E-state index < -0.39 is 24.3 Å². The fourth-order valence-electron chi connectivity index (χ4n) is 2.95. The highest BCUT2D eigenvalue weighted by molar-refractivity contribution is 7.15. The number of benzene rings is 1. The highest BCUT2D eigenvalue weighted by Crippen LogP contribution is 2.36. The first-order valence-electron chi connectivity index (χ1n) is 9.94. The Morgan fingerprint density at radius 3 is 2.52 bits per heavy atom. The summed E-state index contributed by atoms with van der Waals surface area (Å²) in [6, 6.07) is 11.1. The van der Waals surface area contributed by atoms with Crippen LogP contribution in [0.15, 0.2) is 52.7 Å². The summed E-state index contributed by atoms with van der Waals surface area (Å²) in [6.07, 6.45) is 1.42. The molecule has 0 saturated carbocycles. The predicted octanol–water partition coefficient (Wildman–Crippen LogP) is 5.12. The number of ether oxygens (including phenoxy) is 1. The van der Waals surface area contributed by atoms with E-state index in [1.54, 1.807) is 31.5 Å². The Labute approximate surface area is 199 Å². The molecule has 0 aliphatic rings. The second-order valence-corrected chi connectivity index (χ2v) is 9.13. The van der Waals surface area contributed by atoms with Gasteiger partial charge in [0.2, 0.25) is 5.91 Å². The molecule has 3 aromatic rings. The van der Waals surface area contributed by atoms with E-state index in [4.69, 9.17) is 4.74 Å². The number of carbonyl (C=O) groups excluding carboxylic acids is 3. The third kappa shape index (κ3) is 6.00. The predicted molar refractivity (Wildman–Crippen MR) is 128 cm³/mol. The maximum Gasteiger partial charge on any atom is 0.342 e. The Bertz CT molecular complexity index is 1250. The second kappa shape index (κ2) is 10.8. The fraction of sp³-hybridized carbons (Fsp3) is 0.208. The third-order valence-corrected chi connectivity index (χ3v) is 6.34. The molecule has 0 spiro atoms. The Morgan fingerprint density at radius 2 is 1.91 bits per heavy atom. The number of anilines is 1. The van der Waals surface area contributed by atoms with Crippen molar-refractivity contribution in [1.82, 2.24) is 4.98 Å². The summed E-state index contributed by atoms with van der Waals surface area (Å²) < 4.78 is 5.30. The lowest BCUT2D eigenvalue weighted by molar-refractivity contribution is -0.122. The number of rotatable bonds is 8. The Kier molecular flexibility index (Phi) is 7.87. The molecule has 2 heterocycles. The SMILES string of the molecule is CC(C)=CC(=O)Nc1scc(-c2ccccc2)c1C(=O)OCC(=O)C(C#N)c1nc(C)cs1. The smallest absolute Gasteiger partial charge is 0.342 e. The fourth-order valence-corrected chi connectivity index (χ4v) is 4.78. The van der Waals surface area contributed by atoms with Crippen molar-refractivity contribution in [3.63, 3.8) is 0 Å². The van der Waals surface area contributed by atoms with Crippen LogP contribution in [0, 0.1) is 18.3 Å². The molecule has 7 nitrogen and oxygen atoms in total. The molecule has 1 amide bonds. The lowest BCUT2D eigenvalue weighted by atomic mass is 10.0. The van der Waals surface area contributed by atoms with Crippen molar-refractivity contribution >= 4 is 45.3 Å². The maximum absolute atomic E-state index is 13.1. The Balaban J connectivity index is 1.85. The first kappa shape index (κ1) is 24.0. The number of amides is 1. The topological polar surface area (TPSA) is 109 Å². The van der Waals surface area contributed by atoms with Crippen LogP contribution < -0.4 is 5.32 Å². The summed E-state index contributed by atoms with van der Waals surface area (Å²) in [5.74, 6) is -2.80. The number of nitrogens with one attached hydrogen (secondary N) is 1. The largest absolute Gasteiger partial charge is 0.454 e. The highest BCUT2D eigenvalue weighted by Gasteiger charge is 2.27. The van der Waals surface area contributed by atoms with E-state index in [0.717, 1.165) is 11.1 Å². The number of carbonyl (C=O) groups is 3. The molecule has 2 aromatic heterocycles. The number of ketones is 1. The number of allylic oxidation sites excluding steroid dienone is 1. The van der Waals surface area contributed by atoms with E-state index >= 15 is 0 Å². The second-order valence-electron chi connectivity index (χ2n) is 7.36. The Hall–Kier alpha value is -3.61. The van der Waals surface area contributed by atoms with Gasteiger partial charge in [-0.3, -0.25) is 9.59 Å². The minimum atomic E-state index is -1.11. The number of hydrogen-bond donors (Lipinski definition) is 1. The molecule has 0 aliphatic heterocycles. The van der Waals surface area contributed by atoms with Crippen LogP contribution in [0.1, 0.15) is 40.8 Å². The summed E-state index contributed by atoms with van der Waals surface area (Å²) in [7, 11) is 0. The van der Waals surface area contributed by atoms with Gasteiger partial charge in [-0.05, 0) is 26.3 Å². The average molecular weight is 480 g/mol. The zero-order chi connectivity index (χ0) is 24.0. The van der Waals surface area contributed by atoms with E-state index in [1.807, 2.05) is 36.4 Å². The summed E-state index contributed by atoms with van der Waals surface area (Å²) in [5.41, 5.74) is 3.03. The summed E-state index contributed by atoms with van der Waals surface area (Å²) >= 11 is 2.40. The van der Waals surface area contributed by atoms with Gasteiger partial charge in [0, 0.05) is 28.1 Å². The molecule has 1 aromatic carbocycles. The van der Waals surface area contributed by atoms with Gasteiger partial charge in [-0.25, -0.2) is 9.78 Å². The summed E-state index contributed by atoms with van der Waals surface area (Å²) in [5, 5.41) is 16.3.